The van der Waals surface area contributed by atoms with Crippen LogP contribution in [0, 0.1) is 0 Å². The molecular weight excluding hydrogens is 252 g/mol. The monoisotopic (exact) mass is 263 g/mol. The molecule has 1 aromatic rings. The zero-order chi connectivity index (χ0) is 12.9. The van der Waals surface area contributed by atoms with Crippen molar-refractivity contribution in [2.24, 2.45) is 5.73 Å². The average Bonchev–Trinajstić information content (AvgIpc) is 2.30. The highest BCUT2D eigenvalue weighted by atomic mass is 35.5. The predicted molar refractivity (Wildman–Crippen MR) is 62.5 cm³/mol. The number of benzene rings is 1. The maximum atomic E-state index is 12.7. The van der Waals surface area contributed by atoms with Crippen LogP contribution < -0.4 is 16.4 Å². The molecule has 7 heteroatoms. The van der Waals surface area contributed by atoms with Crippen molar-refractivity contribution < 1.29 is 13.6 Å². The highest BCUT2D eigenvalue weighted by Crippen LogP contribution is 2.20. The van der Waals surface area contributed by atoms with Crippen LogP contribution in [0.1, 0.15) is 0 Å². The van der Waals surface area contributed by atoms with E-state index in [9.17, 15) is 13.6 Å². The number of nitrogens with one attached hydrogen (secondary N) is 2. The molecule has 0 fully saturated rings. The van der Waals surface area contributed by atoms with Crippen molar-refractivity contribution in [3.05, 3.63) is 29.3 Å². The van der Waals surface area contributed by atoms with Crippen LogP contribution in [-0.4, -0.2) is 25.0 Å². The van der Waals surface area contributed by atoms with Crippen LogP contribution in [0.15, 0.2) is 24.3 Å². The second kappa shape index (κ2) is 5.79. The standard InChI is InChI=1S/C10H12ClF2N3O/c11-7-3-1-2-4-8(7)16-9(17)15-6-10(12,13)5-14/h1-4H,5-6,14H2,(H2,15,16,17). The Labute approximate surface area is 102 Å². The van der Waals surface area contributed by atoms with Gasteiger partial charge in [-0.15, -0.1) is 0 Å². The molecule has 17 heavy (non-hydrogen) atoms. The quantitative estimate of drug-likeness (QED) is 0.778. The van der Waals surface area contributed by atoms with E-state index in [1.54, 1.807) is 24.3 Å². The first-order valence-corrected chi connectivity index (χ1v) is 5.20. The molecule has 0 aliphatic rings. The number of amides is 2. The summed E-state index contributed by atoms with van der Waals surface area (Å²) in [6.45, 7) is -1.64. The van der Waals surface area contributed by atoms with Crippen molar-refractivity contribution in [1.29, 1.82) is 0 Å². The van der Waals surface area contributed by atoms with Gasteiger partial charge in [0.25, 0.3) is 5.92 Å². The Morgan fingerprint density at radius 2 is 2.06 bits per heavy atom. The number of rotatable bonds is 4. The third-order valence-electron chi connectivity index (χ3n) is 1.93. The highest BCUT2D eigenvalue weighted by Gasteiger charge is 2.27. The fourth-order valence-corrected chi connectivity index (χ4v) is 1.19. The van der Waals surface area contributed by atoms with Gasteiger partial charge in [-0.3, -0.25) is 0 Å². The minimum absolute atomic E-state index is 0.327. The number of carbonyl (C=O) groups is 1. The molecule has 2 amide bonds. The molecule has 0 aliphatic carbocycles. The summed E-state index contributed by atoms with van der Waals surface area (Å²) < 4.78 is 25.5. The van der Waals surface area contributed by atoms with Crippen molar-refractivity contribution in [2.45, 2.75) is 5.92 Å². The summed E-state index contributed by atoms with van der Waals surface area (Å²) in [6.07, 6.45) is 0. The van der Waals surface area contributed by atoms with E-state index in [1.165, 1.54) is 0 Å². The largest absolute Gasteiger partial charge is 0.332 e. The minimum Gasteiger partial charge on any atom is -0.332 e. The lowest BCUT2D eigenvalue weighted by molar-refractivity contribution is 0.0148. The molecule has 0 heterocycles. The van der Waals surface area contributed by atoms with E-state index in [4.69, 9.17) is 17.3 Å². The Bertz CT molecular complexity index is 401. The summed E-state index contributed by atoms with van der Waals surface area (Å²) >= 11 is 5.78. The van der Waals surface area contributed by atoms with Gasteiger partial charge in [0.05, 0.1) is 23.8 Å². The van der Waals surface area contributed by atoms with Crippen LogP contribution in [0.25, 0.3) is 0 Å². The first kappa shape index (κ1) is 13.7. The predicted octanol–water partition coefficient (Wildman–Crippen LogP) is 2.06. The van der Waals surface area contributed by atoms with Gasteiger partial charge in [-0.1, -0.05) is 23.7 Å². The molecule has 0 atom stereocenters. The number of alkyl halides is 2. The number of urea groups is 1. The zero-order valence-corrected chi connectivity index (χ0v) is 9.60. The molecule has 0 aromatic heterocycles. The third kappa shape index (κ3) is 4.54. The van der Waals surface area contributed by atoms with E-state index in [2.05, 4.69) is 5.32 Å². The van der Waals surface area contributed by atoms with Crippen molar-refractivity contribution in [3.63, 3.8) is 0 Å². The topological polar surface area (TPSA) is 67.1 Å². The number of halogens is 3. The van der Waals surface area contributed by atoms with Gasteiger partial charge < -0.3 is 16.4 Å². The second-order valence-electron chi connectivity index (χ2n) is 3.35. The lowest BCUT2D eigenvalue weighted by Crippen LogP contribution is -2.43. The fourth-order valence-electron chi connectivity index (χ4n) is 1.01. The number of hydrogen-bond acceptors (Lipinski definition) is 2. The summed E-state index contributed by atoms with van der Waals surface area (Å²) in [5.41, 5.74) is 5.18. The second-order valence-corrected chi connectivity index (χ2v) is 3.75. The molecule has 94 valence electrons. The van der Waals surface area contributed by atoms with E-state index in [-0.39, 0.29) is 0 Å². The lowest BCUT2D eigenvalue weighted by atomic mass is 10.3. The van der Waals surface area contributed by atoms with E-state index in [1.807, 2.05) is 5.32 Å². The van der Waals surface area contributed by atoms with E-state index < -0.39 is 25.0 Å². The van der Waals surface area contributed by atoms with Gasteiger partial charge in [0, 0.05) is 0 Å². The molecule has 0 aliphatic heterocycles. The molecular formula is C10H12ClF2N3O. The molecule has 1 aromatic carbocycles. The first-order chi connectivity index (χ1) is 7.94. The average molecular weight is 264 g/mol. The molecule has 0 bridgehead atoms. The zero-order valence-electron chi connectivity index (χ0n) is 8.84. The van der Waals surface area contributed by atoms with Gasteiger partial charge in [0.2, 0.25) is 0 Å². The van der Waals surface area contributed by atoms with E-state index in [0.717, 1.165) is 0 Å². The van der Waals surface area contributed by atoms with E-state index >= 15 is 0 Å². The third-order valence-corrected chi connectivity index (χ3v) is 2.26. The Morgan fingerprint density at radius 3 is 2.65 bits per heavy atom. The van der Waals surface area contributed by atoms with Crippen LogP contribution in [0.3, 0.4) is 0 Å². The van der Waals surface area contributed by atoms with Gasteiger partial charge in [0.15, 0.2) is 0 Å². The smallest absolute Gasteiger partial charge is 0.319 e. The normalized spacial score (nSPS) is 11.1. The number of anilines is 1. The SMILES string of the molecule is NCC(F)(F)CNC(=O)Nc1ccccc1Cl. The van der Waals surface area contributed by atoms with Crippen LogP contribution in [-0.2, 0) is 0 Å². The van der Waals surface area contributed by atoms with Gasteiger partial charge in [-0.25, -0.2) is 13.6 Å². The molecule has 0 saturated carbocycles. The number of para-hydroxylation sites is 1. The number of carbonyl (C=O) groups excluding carboxylic acids is 1. The van der Waals surface area contributed by atoms with Gasteiger partial charge in [-0.05, 0) is 12.1 Å². The first-order valence-electron chi connectivity index (χ1n) is 4.82. The molecule has 4 nitrogen and oxygen atoms in total. The summed E-state index contributed by atoms with van der Waals surface area (Å²) in [4.78, 5) is 11.3. The van der Waals surface area contributed by atoms with Gasteiger partial charge >= 0.3 is 6.03 Å². The fraction of sp³-hybridized carbons (Fsp3) is 0.300. The van der Waals surface area contributed by atoms with Crippen molar-refractivity contribution in [3.8, 4) is 0 Å². The van der Waals surface area contributed by atoms with E-state index in [0.29, 0.717) is 10.7 Å². The maximum Gasteiger partial charge on any atom is 0.319 e. The molecule has 0 radical (unpaired) electrons. The molecule has 4 N–H and O–H groups in total. The Morgan fingerprint density at radius 1 is 1.41 bits per heavy atom. The summed E-state index contributed by atoms with van der Waals surface area (Å²) in [7, 11) is 0. The molecule has 0 spiro atoms. The number of hydrogen-bond donors (Lipinski definition) is 3. The summed E-state index contributed by atoms with van der Waals surface area (Å²) in [6, 6.07) is 5.73. The molecule has 0 saturated heterocycles. The van der Waals surface area contributed by atoms with Gasteiger partial charge in [-0.2, -0.15) is 0 Å². The summed E-state index contributed by atoms with van der Waals surface area (Å²) in [5.74, 6) is -3.11. The Kier molecular flexibility index (Phi) is 4.65. The van der Waals surface area contributed by atoms with Crippen LogP contribution in [0.4, 0.5) is 19.3 Å². The van der Waals surface area contributed by atoms with Crippen molar-refractivity contribution in [1.82, 2.24) is 5.32 Å². The summed E-state index contributed by atoms with van der Waals surface area (Å²) in [5, 5.41) is 4.69. The van der Waals surface area contributed by atoms with Crippen molar-refractivity contribution in [2.75, 3.05) is 18.4 Å². The maximum absolute atomic E-state index is 12.7. The minimum atomic E-state index is -3.11. The Hall–Kier alpha value is -1.40. The highest BCUT2D eigenvalue weighted by molar-refractivity contribution is 6.33. The lowest BCUT2D eigenvalue weighted by Gasteiger charge is -2.15. The number of nitrogens with two attached hydrogens (primary N) is 1. The van der Waals surface area contributed by atoms with Crippen LogP contribution in [0.2, 0.25) is 5.02 Å². The Balaban J connectivity index is 2.48. The van der Waals surface area contributed by atoms with Crippen LogP contribution >= 0.6 is 11.6 Å². The van der Waals surface area contributed by atoms with Crippen LogP contribution in [0.5, 0.6) is 0 Å². The van der Waals surface area contributed by atoms with Crippen molar-refractivity contribution >= 4 is 23.3 Å². The van der Waals surface area contributed by atoms with Gasteiger partial charge in [0.1, 0.15) is 0 Å². The molecule has 0 unspecified atom stereocenters. The molecule has 1 rings (SSSR count).